The van der Waals surface area contributed by atoms with Crippen molar-refractivity contribution in [2.24, 2.45) is 0 Å². The summed E-state index contributed by atoms with van der Waals surface area (Å²) in [4.78, 5) is 12.1. The third-order valence-electron chi connectivity index (χ3n) is 1.51. The van der Waals surface area contributed by atoms with Crippen LogP contribution in [0.3, 0.4) is 0 Å². The number of nitrogens with zero attached hydrogens (tertiary/aromatic N) is 1. The Labute approximate surface area is 73.1 Å². The molecule has 0 radical (unpaired) electrons. The fourth-order valence-electron chi connectivity index (χ4n) is 0.954. The average molecular weight is 178 g/mol. The largest absolute Gasteiger partial charge is 0.297 e. The Balaban J connectivity index is 2.41. The van der Waals surface area contributed by atoms with Gasteiger partial charge in [0.2, 0.25) is 0 Å². The topological polar surface area (TPSA) is 45.8 Å². The molecule has 1 N–H and O–H groups in total. The normalized spacial score (nSPS) is 10.0. The number of H-pyrrole nitrogens is 1. The molecule has 0 aliphatic heterocycles. The predicted octanol–water partition coefficient (Wildman–Crippen LogP) is 1.95. The van der Waals surface area contributed by atoms with Crippen LogP contribution in [0.2, 0.25) is 0 Å². The summed E-state index contributed by atoms with van der Waals surface area (Å²) in [5.41, 5.74) is 0.952. The first-order chi connectivity index (χ1) is 5.90. The molecule has 4 heteroatoms. The minimum Gasteiger partial charge on any atom is -0.297 e. The van der Waals surface area contributed by atoms with Crippen LogP contribution in [0.4, 0.5) is 0 Å². The molecule has 0 aliphatic rings. The van der Waals surface area contributed by atoms with Gasteiger partial charge in [0.15, 0.2) is 6.29 Å². The Kier molecular flexibility index (Phi) is 1.75. The molecule has 12 heavy (non-hydrogen) atoms. The SMILES string of the molecule is O=Cc1ccc(-c2ccn[nH]2)s1. The van der Waals surface area contributed by atoms with Gasteiger partial charge < -0.3 is 0 Å². The van der Waals surface area contributed by atoms with Crippen molar-refractivity contribution in [3.8, 4) is 10.6 Å². The predicted molar refractivity (Wildman–Crippen MR) is 47.3 cm³/mol. The number of hydrogen-bond acceptors (Lipinski definition) is 3. The standard InChI is InChI=1S/C8H6N2OS/c11-5-6-1-2-8(12-6)7-3-4-9-10-7/h1-5H,(H,9,10). The molecule has 0 saturated carbocycles. The maximum Gasteiger partial charge on any atom is 0.160 e. The Bertz CT molecular complexity index is 377. The lowest BCUT2D eigenvalue weighted by Gasteiger charge is -1.86. The van der Waals surface area contributed by atoms with Gasteiger partial charge in [0.05, 0.1) is 15.4 Å². The van der Waals surface area contributed by atoms with E-state index in [1.54, 1.807) is 12.3 Å². The van der Waals surface area contributed by atoms with Crippen molar-refractivity contribution in [1.29, 1.82) is 0 Å². The lowest BCUT2D eigenvalue weighted by Crippen LogP contribution is -1.69. The third-order valence-corrected chi connectivity index (χ3v) is 2.55. The highest BCUT2D eigenvalue weighted by Gasteiger charge is 2.01. The van der Waals surface area contributed by atoms with E-state index in [1.165, 1.54) is 11.3 Å². The molecule has 0 aromatic carbocycles. The summed E-state index contributed by atoms with van der Waals surface area (Å²) in [6, 6.07) is 5.58. The average Bonchev–Trinajstić information content (AvgIpc) is 2.75. The van der Waals surface area contributed by atoms with Crippen LogP contribution in [0.15, 0.2) is 24.4 Å². The maximum absolute atomic E-state index is 10.4. The molecule has 3 nitrogen and oxygen atoms in total. The molecular formula is C8H6N2OS. The summed E-state index contributed by atoms with van der Waals surface area (Å²) < 4.78 is 0. The molecule has 2 heterocycles. The van der Waals surface area contributed by atoms with E-state index >= 15 is 0 Å². The lowest BCUT2D eigenvalue weighted by atomic mass is 10.3. The second-order valence-corrected chi connectivity index (χ2v) is 3.41. The molecule has 0 aliphatic carbocycles. The van der Waals surface area contributed by atoms with Gasteiger partial charge in [-0.25, -0.2) is 0 Å². The van der Waals surface area contributed by atoms with E-state index < -0.39 is 0 Å². The molecule has 0 fully saturated rings. The van der Waals surface area contributed by atoms with E-state index in [1.807, 2.05) is 12.1 Å². The quantitative estimate of drug-likeness (QED) is 0.714. The lowest BCUT2D eigenvalue weighted by molar-refractivity contribution is 0.112. The smallest absolute Gasteiger partial charge is 0.160 e. The Hall–Kier alpha value is -1.42. The van der Waals surface area contributed by atoms with Crippen molar-refractivity contribution in [3.63, 3.8) is 0 Å². The first-order valence-electron chi connectivity index (χ1n) is 3.45. The van der Waals surface area contributed by atoms with Gasteiger partial charge in [-0.1, -0.05) is 0 Å². The Morgan fingerprint density at radius 2 is 2.33 bits per heavy atom. The molecule has 0 atom stereocenters. The Morgan fingerprint density at radius 3 is 2.92 bits per heavy atom. The summed E-state index contributed by atoms with van der Waals surface area (Å²) >= 11 is 1.45. The number of aldehydes is 1. The zero-order valence-corrected chi connectivity index (χ0v) is 6.97. The van der Waals surface area contributed by atoms with E-state index in [2.05, 4.69) is 10.2 Å². The van der Waals surface area contributed by atoms with Crippen LogP contribution in [0.5, 0.6) is 0 Å². The van der Waals surface area contributed by atoms with Crippen molar-refractivity contribution < 1.29 is 4.79 Å². The van der Waals surface area contributed by atoms with E-state index in [0.717, 1.165) is 21.7 Å². The number of thiophene rings is 1. The molecule has 0 bridgehead atoms. The molecule has 0 saturated heterocycles. The van der Waals surface area contributed by atoms with Crippen LogP contribution < -0.4 is 0 Å². The second-order valence-electron chi connectivity index (χ2n) is 2.29. The third kappa shape index (κ3) is 1.16. The van der Waals surface area contributed by atoms with Crippen molar-refractivity contribution in [2.45, 2.75) is 0 Å². The highest BCUT2D eigenvalue weighted by molar-refractivity contribution is 7.17. The molecule has 0 amide bonds. The van der Waals surface area contributed by atoms with Crippen molar-refractivity contribution in [2.75, 3.05) is 0 Å². The van der Waals surface area contributed by atoms with E-state index in [-0.39, 0.29) is 0 Å². The number of aromatic amines is 1. The minimum absolute atomic E-state index is 0.736. The summed E-state index contributed by atoms with van der Waals surface area (Å²) in [5.74, 6) is 0. The highest BCUT2D eigenvalue weighted by atomic mass is 32.1. The zero-order valence-electron chi connectivity index (χ0n) is 6.15. The highest BCUT2D eigenvalue weighted by Crippen LogP contribution is 2.24. The first kappa shape index (κ1) is 7.24. The van der Waals surface area contributed by atoms with Gasteiger partial charge in [-0.2, -0.15) is 5.10 Å². The zero-order chi connectivity index (χ0) is 8.39. The molecule has 60 valence electrons. The van der Waals surface area contributed by atoms with Gasteiger partial charge in [-0.05, 0) is 18.2 Å². The summed E-state index contributed by atoms with van der Waals surface area (Å²) in [6.07, 6.45) is 2.54. The number of carbonyl (C=O) groups excluding carboxylic acids is 1. The van der Waals surface area contributed by atoms with E-state index in [9.17, 15) is 4.79 Å². The van der Waals surface area contributed by atoms with Crippen LogP contribution in [0.25, 0.3) is 10.6 Å². The first-order valence-corrected chi connectivity index (χ1v) is 4.26. The number of hydrogen-bond donors (Lipinski definition) is 1. The number of carbonyl (C=O) groups is 1. The Morgan fingerprint density at radius 1 is 1.42 bits per heavy atom. The van der Waals surface area contributed by atoms with Gasteiger partial charge in [-0.15, -0.1) is 11.3 Å². The van der Waals surface area contributed by atoms with Crippen LogP contribution in [0, 0.1) is 0 Å². The number of nitrogens with one attached hydrogen (secondary N) is 1. The summed E-state index contributed by atoms with van der Waals surface area (Å²) in [6.45, 7) is 0. The van der Waals surface area contributed by atoms with Crippen molar-refractivity contribution >= 4 is 17.6 Å². The fourth-order valence-corrected chi connectivity index (χ4v) is 1.75. The molecule has 0 unspecified atom stereocenters. The second kappa shape index (κ2) is 2.91. The van der Waals surface area contributed by atoms with E-state index in [0.29, 0.717) is 0 Å². The summed E-state index contributed by atoms with van der Waals surface area (Å²) in [5, 5.41) is 6.66. The minimum atomic E-state index is 0.736. The fraction of sp³-hybridized carbons (Fsp3) is 0. The van der Waals surface area contributed by atoms with Crippen LogP contribution >= 0.6 is 11.3 Å². The number of aromatic nitrogens is 2. The monoisotopic (exact) mass is 178 g/mol. The van der Waals surface area contributed by atoms with Gasteiger partial charge in [-0.3, -0.25) is 9.89 Å². The maximum atomic E-state index is 10.4. The number of rotatable bonds is 2. The van der Waals surface area contributed by atoms with Gasteiger partial charge in [0, 0.05) is 6.20 Å². The van der Waals surface area contributed by atoms with Gasteiger partial charge in [0.25, 0.3) is 0 Å². The van der Waals surface area contributed by atoms with Crippen LogP contribution in [-0.4, -0.2) is 16.5 Å². The molecule has 2 aromatic rings. The molecule has 2 aromatic heterocycles. The van der Waals surface area contributed by atoms with Gasteiger partial charge in [0.1, 0.15) is 0 Å². The molecular weight excluding hydrogens is 172 g/mol. The van der Waals surface area contributed by atoms with Crippen molar-refractivity contribution in [1.82, 2.24) is 10.2 Å². The molecule has 0 spiro atoms. The van der Waals surface area contributed by atoms with E-state index in [4.69, 9.17) is 0 Å². The van der Waals surface area contributed by atoms with Crippen molar-refractivity contribution in [3.05, 3.63) is 29.3 Å². The van der Waals surface area contributed by atoms with Gasteiger partial charge >= 0.3 is 0 Å². The molecule has 2 rings (SSSR count). The van der Waals surface area contributed by atoms with Crippen LogP contribution in [-0.2, 0) is 0 Å². The van der Waals surface area contributed by atoms with Crippen LogP contribution in [0.1, 0.15) is 9.67 Å². The summed E-state index contributed by atoms with van der Waals surface area (Å²) in [7, 11) is 0.